The van der Waals surface area contributed by atoms with E-state index in [-0.39, 0.29) is 46.1 Å². The minimum atomic E-state index is -4.27. The van der Waals surface area contributed by atoms with E-state index >= 15 is 4.39 Å². The standard InChI is InChI=1S/C37H39ClFN3O4S/c1-27-19-21-33(22-20-27)47(45,46)42(32-17-10-14-30(38)24-32)26-36(43)41(25-29-13-8-9-18-34(29)39)35(23-28-11-4-2-5-12-28)37(44)40-31-15-6-3-7-16-31/h2,4-5,8-14,17-22,24,31,35H,3,6-7,15-16,23,25-26H2,1H3,(H,40,44). The van der Waals surface area contributed by atoms with Gasteiger partial charge in [0.2, 0.25) is 11.8 Å². The van der Waals surface area contributed by atoms with Crippen LogP contribution in [-0.2, 0) is 32.6 Å². The number of anilines is 1. The Morgan fingerprint density at radius 3 is 2.26 bits per heavy atom. The van der Waals surface area contributed by atoms with E-state index in [2.05, 4.69) is 5.32 Å². The molecule has 47 heavy (non-hydrogen) atoms. The SMILES string of the molecule is Cc1ccc(S(=O)(=O)N(CC(=O)N(Cc2ccccc2F)C(Cc2ccccc2)C(=O)NC2CCCCC2)c2cccc(Cl)c2)cc1. The number of nitrogens with one attached hydrogen (secondary N) is 1. The summed E-state index contributed by atoms with van der Waals surface area (Å²) < 4.78 is 44.4. The lowest BCUT2D eigenvalue weighted by molar-refractivity contribution is -0.140. The Morgan fingerprint density at radius 1 is 0.894 bits per heavy atom. The fraction of sp³-hybridized carbons (Fsp3) is 0.297. The smallest absolute Gasteiger partial charge is 0.264 e. The molecule has 4 aromatic rings. The molecule has 0 radical (unpaired) electrons. The molecule has 1 atom stereocenters. The van der Waals surface area contributed by atoms with Gasteiger partial charge in [0, 0.05) is 29.6 Å². The van der Waals surface area contributed by atoms with Crippen LogP contribution in [0.5, 0.6) is 0 Å². The molecular weight excluding hydrogens is 637 g/mol. The van der Waals surface area contributed by atoms with Gasteiger partial charge in [-0.25, -0.2) is 12.8 Å². The Labute approximate surface area is 281 Å². The van der Waals surface area contributed by atoms with E-state index in [1.807, 2.05) is 37.3 Å². The quantitative estimate of drug-likeness (QED) is 0.174. The summed E-state index contributed by atoms with van der Waals surface area (Å²) >= 11 is 6.29. The highest BCUT2D eigenvalue weighted by atomic mass is 35.5. The Bertz CT molecular complexity index is 1780. The van der Waals surface area contributed by atoms with Crippen molar-refractivity contribution in [3.63, 3.8) is 0 Å². The second-order valence-electron chi connectivity index (χ2n) is 12.0. The number of carbonyl (C=O) groups is 2. The van der Waals surface area contributed by atoms with Crippen LogP contribution in [0.3, 0.4) is 0 Å². The first-order chi connectivity index (χ1) is 22.6. The topological polar surface area (TPSA) is 86.8 Å². The fourth-order valence-corrected chi connectivity index (χ4v) is 7.50. The zero-order valence-electron chi connectivity index (χ0n) is 26.3. The van der Waals surface area contributed by atoms with E-state index in [4.69, 9.17) is 11.6 Å². The molecule has 0 saturated heterocycles. The number of amides is 2. The number of hydrogen-bond acceptors (Lipinski definition) is 4. The average Bonchev–Trinajstić information content (AvgIpc) is 3.07. The summed E-state index contributed by atoms with van der Waals surface area (Å²) in [5, 5.41) is 3.44. The van der Waals surface area contributed by atoms with Crippen LogP contribution in [0.1, 0.15) is 48.8 Å². The molecule has 1 saturated carbocycles. The van der Waals surface area contributed by atoms with Gasteiger partial charge in [-0.3, -0.25) is 13.9 Å². The maximum Gasteiger partial charge on any atom is 0.264 e. The van der Waals surface area contributed by atoms with Crippen LogP contribution < -0.4 is 9.62 Å². The van der Waals surface area contributed by atoms with Gasteiger partial charge in [-0.15, -0.1) is 0 Å². The molecule has 7 nitrogen and oxygen atoms in total. The summed E-state index contributed by atoms with van der Waals surface area (Å²) in [7, 11) is -4.27. The first-order valence-corrected chi connectivity index (χ1v) is 17.7. The van der Waals surface area contributed by atoms with Crippen molar-refractivity contribution in [2.75, 3.05) is 10.8 Å². The lowest BCUT2D eigenvalue weighted by atomic mass is 9.94. The Kier molecular flexibility index (Phi) is 11.3. The van der Waals surface area contributed by atoms with Crippen LogP contribution in [0.25, 0.3) is 0 Å². The van der Waals surface area contributed by atoms with E-state index in [1.165, 1.54) is 29.2 Å². The first-order valence-electron chi connectivity index (χ1n) is 15.8. The van der Waals surface area contributed by atoms with Crippen molar-refractivity contribution < 1.29 is 22.4 Å². The molecule has 0 spiro atoms. The highest BCUT2D eigenvalue weighted by Crippen LogP contribution is 2.28. The third-order valence-electron chi connectivity index (χ3n) is 8.51. The summed E-state index contributed by atoms with van der Waals surface area (Å²) in [6.07, 6.45) is 4.92. The van der Waals surface area contributed by atoms with Crippen molar-refractivity contribution in [1.29, 1.82) is 0 Å². The number of rotatable bonds is 12. The average molecular weight is 676 g/mol. The van der Waals surface area contributed by atoms with Gasteiger partial charge in [0.15, 0.2) is 0 Å². The van der Waals surface area contributed by atoms with Crippen LogP contribution in [0.4, 0.5) is 10.1 Å². The summed E-state index contributed by atoms with van der Waals surface area (Å²) in [4.78, 5) is 30.0. The highest BCUT2D eigenvalue weighted by molar-refractivity contribution is 7.92. The number of sulfonamides is 1. The molecule has 0 aliphatic heterocycles. The second-order valence-corrected chi connectivity index (χ2v) is 14.3. The number of halogens is 2. The first kappa shape index (κ1) is 34.1. The largest absolute Gasteiger partial charge is 0.352 e. The van der Waals surface area contributed by atoms with Gasteiger partial charge in [-0.1, -0.05) is 103 Å². The Hall–Kier alpha value is -4.21. The molecular formula is C37H39ClFN3O4S. The number of aryl methyl sites for hydroxylation is 1. The third-order valence-corrected chi connectivity index (χ3v) is 10.5. The van der Waals surface area contributed by atoms with Crippen LogP contribution in [0, 0.1) is 12.7 Å². The van der Waals surface area contributed by atoms with Gasteiger partial charge in [-0.2, -0.15) is 0 Å². The normalized spacial score (nSPS) is 14.3. The van der Waals surface area contributed by atoms with Crippen LogP contribution in [0.15, 0.2) is 108 Å². The number of benzene rings is 4. The van der Waals surface area contributed by atoms with E-state index < -0.39 is 34.3 Å². The van der Waals surface area contributed by atoms with E-state index in [0.717, 1.165) is 47.5 Å². The van der Waals surface area contributed by atoms with Gasteiger partial charge in [0.1, 0.15) is 18.4 Å². The molecule has 10 heteroatoms. The summed E-state index contributed by atoms with van der Waals surface area (Å²) in [5.41, 5.74) is 2.07. The predicted octanol–water partition coefficient (Wildman–Crippen LogP) is 7.07. The monoisotopic (exact) mass is 675 g/mol. The summed E-state index contributed by atoms with van der Waals surface area (Å²) in [5.74, 6) is -1.56. The van der Waals surface area contributed by atoms with Crippen molar-refractivity contribution >= 4 is 39.1 Å². The molecule has 0 aromatic heterocycles. The summed E-state index contributed by atoms with van der Waals surface area (Å²) in [6.45, 7) is 0.961. The minimum Gasteiger partial charge on any atom is -0.352 e. The molecule has 4 aromatic carbocycles. The van der Waals surface area contributed by atoms with Crippen molar-refractivity contribution in [2.45, 2.75) is 69.0 Å². The predicted molar refractivity (Wildman–Crippen MR) is 183 cm³/mol. The van der Waals surface area contributed by atoms with Crippen molar-refractivity contribution in [3.05, 3.63) is 131 Å². The molecule has 1 aliphatic carbocycles. The molecule has 2 amide bonds. The minimum absolute atomic E-state index is 0.00703. The Morgan fingerprint density at radius 2 is 1.57 bits per heavy atom. The zero-order valence-corrected chi connectivity index (χ0v) is 27.9. The highest BCUT2D eigenvalue weighted by Gasteiger charge is 2.35. The van der Waals surface area contributed by atoms with Crippen LogP contribution in [-0.4, -0.2) is 43.8 Å². The molecule has 1 unspecified atom stereocenters. The van der Waals surface area contributed by atoms with Gasteiger partial charge in [-0.05, 0) is 61.7 Å². The molecule has 0 bridgehead atoms. The summed E-state index contributed by atoms with van der Waals surface area (Å²) in [6, 6.07) is 26.9. The molecule has 1 fully saturated rings. The Balaban J connectivity index is 1.57. The van der Waals surface area contributed by atoms with Crippen molar-refractivity contribution in [2.24, 2.45) is 0 Å². The van der Waals surface area contributed by atoms with Crippen molar-refractivity contribution in [3.8, 4) is 0 Å². The van der Waals surface area contributed by atoms with Crippen molar-refractivity contribution in [1.82, 2.24) is 10.2 Å². The van der Waals surface area contributed by atoms with E-state index in [0.29, 0.717) is 0 Å². The maximum atomic E-state index is 15.1. The van der Waals surface area contributed by atoms with E-state index in [1.54, 1.807) is 48.5 Å². The fourth-order valence-electron chi connectivity index (χ4n) is 5.91. The van der Waals surface area contributed by atoms with Gasteiger partial charge in [0.05, 0.1) is 10.6 Å². The molecule has 1 aliphatic rings. The number of nitrogens with zero attached hydrogens (tertiary/aromatic N) is 2. The van der Waals surface area contributed by atoms with Crippen LogP contribution in [0.2, 0.25) is 5.02 Å². The lowest BCUT2D eigenvalue weighted by Crippen LogP contribution is -2.55. The van der Waals surface area contributed by atoms with E-state index in [9.17, 15) is 18.0 Å². The van der Waals surface area contributed by atoms with Crippen LogP contribution >= 0.6 is 11.6 Å². The molecule has 0 heterocycles. The third kappa shape index (κ3) is 8.78. The maximum absolute atomic E-state index is 15.1. The lowest BCUT2D eigenvalue weighted by Gasteiger charge is -2.35. The van der Waals surface area contributed by atoms with Gasteiger partial charge < -0.3 is 10.2 Å². The number of hydrogen-bond donors (Lipinski definition) is 1. The number of carbonyl (C=O) groups excluding carboxylic acids is 2. The molecule has 5 rings (SSSR count). The molecule has 246 valence electrons. The zero-order chi connectivity index (χ0) is 33.4. The van der Waals surface area contributed by atoms with Gasteiger partial charge in [0.25, 0.3) is 10.0 Å². The second kappa shape index (κ2) is 15.6. The molecule has 1 N–H and O–H groups in total. The van der Waals surface area contributed by atoms with Gasteiger partial charge >= 0.3 is 0 Å².